The Balaban J connectivity index is 1.98. The monoisotopic (exact) mass is 366 g/mol. The molecule has 0 bridgehead atoms. The molecular formula is C15H12Cl2N4OS. The first-order chi connectivity index (χ1) is 11.0. The summed E-state index contributed by atoms with van der Waals surface area (Å²) in [4.78, 5) is 20.9. The first kappa shape index (κ1) is 16.1. The number of pyridine rings is 1. The quantitative estimate of drug-likeness (QED) is 0.555. The number of aryl methyl sites for hydroxylation is 1. The molecule has 0 spiro atoms. The van der Waals surface area contributed by atoms with Crippen LogP contribution in [0.2, 0.25) is 10.2 Å². The van der Waals surface area contributed by atoms with E-state index < -0.39 is 0 Å². The molecule has 0 saturated carbocycles. The van der Waals surface area contributed by atoms with Gasteiger partial charge in [-0.25, -0.2) is 9.97 Å². The van der Waals surface area contributed by atoms with Crippen LogP contribution in [0.3, 0.4) is 0 Å². The number of carbonyl (C=O) groups excluding carboxylic acids is 1. The van der Waals surface area contributed by atoms with Gasteiger partial charge in [0.15, 0.2) is 5.16 Å². The second-order valence-corrected chi connectivity index (χ2v) is 6.35. The first-order valence-corrected chi connectivity index (χ1v) is 8.61. The number of imidazole rings is 1. The van der Waals surface area contributed by atoms with Gasteiger partial charge in [-0.15, -0.1) is 0 Å². The minimum absolute atomic E-state index is 0.304. The Morgan fingerprint density at radius 3 is 2.74 bits per heavy atom. The van der Waals surface area contributed by atoms with Gasteiger partial charge < -0.3 is 9.88 Å². The lowest BCUT2D eigenvalue weighted by molar-refractivity contribution is 0.102. The predicted molar refractivity (Wildman–Crippen MR) is 94.7 cm³/mol. The minimum atomic E-state index is -0.358. The fourth-order valence-corrected chi connectivity index (χ4v) is 3.18. The average Bonchev–Trinajstić information content (AvgIpc) is 2.82. The zero-order chi connectivity index (χ0) is 16.6. The highest BCUT2D eigenvalue weighted by Crippen LogP contribution is 2.27. The van der Waals surface area contributed by atoms with Crippen molar-refractivity contribution >= 4 is 57.7 Å². The summed E-state index contributed by atoms with van der Waals surface area (Å²) < 4.78 is 1.94. The lowest BCUT2D eigenvalue weighted by atomic mass is 10.2. The van der Waals surface area contributed by atoms with Gasteiger partial charge in [-0.05, 0) is 30.5 Å². The molecule has 2 aromatic heterocycles. The summed E-state index contributed by atoms with van der Waals surface area (Å²) in [6.07, 6.45) is 1.95. The molecule has 0 aliphatic carbocycles. The molecule has 1 amide bonds. The van der Waals surface area contributed by atoms with Crippen molar-refractivity contribution in [1.29, 1.82) is 0 Å². The smallest absolute Gasteiger partial charge is 0.258 e. The van der Waals surface area contributed by atoms with Gasteiger partial charge in [0.1, 0.15) is 11.0 Å². The van der Waals surface area contributed by atoms with Crippen LogP contribution in [-0.2, 0) is 7.05 Å². The van der Waals surface area contributed by atoms with Crippen molar-refractivity contribution in [2.75, 3.05) is 11.6 Å². The number of fused-ring (bicyclic) bond motifs is 1. The SMILES string of the molecule is CSc1nc2cc(C(=O)Nc3cccc(Cl)n3)c(Cl)cc2n1C. The first-order valence-electron chi connectivity index (χ1n) is 6.63. The highest BCUT2D eigenvalue weighted by molar-refractivity contribution is 7.98. The largest absolute Gasteiger partial charge is 0.322 e. The summed E-state index contributed by atoms with van der Waals surface area (Å²) in [6, 6.07) is 8.41. The van der Waals surface area contributed by atoms with Crippen LogP contribution >= 0.6 is 35.0 Å². The average molecular weight is 367 g/mol. The van der Waals surface area contributed by atoms with Crippen LogP contribution in [0.4, 0.5) is 5.82 Å². The van der Waals surface area contributed by atoms with Crippen molar-refractivity contribution in [3.05, 3.63) is 46.1 Å². The highest BCUT2D eigenvalue weighted by Gasteiger charge is 2.16. The van der Waals surface area contributed by atoms with Gasteiger partial charge in [0.05, 0.1) is 21.6 Å². The summed E-state index contributed by atoms with van der Waals surface area (Å²) in [6.45, 7) is 0. The number of hydrogen-bond acceptors (Lipinski definition) is 4. The number of carbonyl (C=O) groups is 1. The lowest BCUT2D eigenvalue weighted by Crippen LogP contribution is -2.13. The van der Waals surface area contributed by atoms with Crippen molar-refractivity contribution in [1.82, 2.24) is 14.5 Å². The molecule has 0 aliphatic rings. The van der Waals surface area contributed by atoms with Crippen LogP contribution in [-0.4, -0.2) is 26.7 Å². The Kier molecular flexibility index (Phi) is 4.48. The number of benzene rings is 1. The molecule has 0 atom stereocenters. The molecule has 3 rings (SSSR count). The fourth-order valence-electron chi connectivity index (χ4n) is 2.21. The van der Waals surface area contributed by atoms with E-state index in [0.29, 0.717) is 27.1 Å². The Bertz CT molecular complexity index is 910. The molecule has 0 unspecified atom stereocenters. The molecule has 1 aromatic carbocycles. The Morgan fingerprint density at radius 1 is 1.26 bits per heavy atom. The van der Waals surface area contributed by atoms with E-state index in [2.05, 4.69) is 15.3 Å². The molecule has 1 N–H and O–H groups in total. The molecule has 2 heterocycles. The van der Waals surface area contributed by atoms with E-state index in [1.807, 2.05) is 17.9 Å². The maximum Gasteiger partial charge on any atom is 0.258 e. The molecule has 23 heavy (non-hydrogen) atoms. The maximum atomic E-state index is 12.4. The molecule has 0 fully saturated rings. The number of halogens is 2. The number of nitrogens with one attached hydrogen (secondary N) is 1. The van der Waals surface area contributed by atoms with Gasteiger partial charge >= 0.3 is 0 Å². The van der Waals surface area contributed by atoms with Gasteiger partial charge in [0.25, 0.3) is 5.91 Å². The second-order valence-electron chi connectivity index (χ2n) is 4.78. The zero-order valence-electron chi connectivity index (χ0n) is 12.3. The van der Waals surface area contributed by atoms with Crippen LogP contribution in [0, 0.1) is 0 Å². The molecule has 118 valence electrons. The van der Waals surface area contributed by atoms with Gasteiger partial charge in [-0.3, -0.25) is 4.79 Å². The predicted octanol–water partition coefficient (Wildman–Crippen LogP) is 4.25. The third kappa shape index (κ3) is 3.15. The van der Waals surface area contributed by atoms with Crippen LogP contribution in [0.1, 0.15) is 10.4 Å². The van der Waals surface area contributed by atoms with Crippen LogP contribution < -0.4 is 5.32 Å². The van der Waals surface area contributed by atoms with Gasteiger partial charge in [-0.2, -0.15) is 0 Å². The van der Waals surface area contributed by atoms with E-state index in [1.54, 1.807) is 30.3 Å². The summed E-state index contributed by atoms with van der Waals surface area (Å²) in [5.41, 5.74) is 1.92. The zero-order valence-corrected chi connectivity index (χ0v) is 14.6. The molecule has 5 nitrogen and oxygen atoms in total. The van der Waals surface area contributed by atoms with E-state index in [-0.39, 0.29) is 5.91 Å². The standard InChI is InChI=1S/C15H12Cl2N4OS/c1-21-11-7-9(16)8(6-10(11)18-15(21)23-2)14(22)20-13-5-3-4-12(17)19-13/h3-7H,1-2H3,(H,19,20,22). The molecular weight excluding hydrogens is 355 g/mol. The Labute approximate surface area is 147 Å². The van der Waals surface area contributed by atoms with Gasteiger partial charge in [-0.1, -0.05) is 41.0 Å². The maximum absolute atomic E-state index is 12.4. The number of thioether (sulfide) groups is 1. The van der Waals surface area contributed by atoms with E-state index >= 15 is 0 Å². The number of aromatic nitrogens is 3. The van der Waals surface area contributed by atoms with Gasteiger partial charge in [0.2, 0.25) is 0 Å². The summed E-state index contributed by atoms with van der Waals surface area (Å²) >= 11 is 13.6. The number of rotatable bonds is 3. The van der Waals surface area contributed by atoms with E-state index in [4.69, 9.17) is 23.2 Å². The van der Waals surface area contributed by atoms with Crippen molar-refractivity contribution < 1.29 is 4.79 Å². The summed E-state index contributed by atoms with van der Waals surface area (Å²) in [5, 5.41) is 4.19. The molecule has 3 aromatic rings. The lowest BCUT2D eigenvalue weighted by Gasteiger charge is -2.07. The van der Waals surface area contributed by atoms with Crippen molar-refractivity contribution in [3.8, 4) is 0 Å². The van der Waals surface area contributed by atoms with Crippen LogP contribution in [0.15, 0.2) is 35.5 Å². The third-order valence-electron chi connectivity index (χ3n) is 3.31. The highest BCUT2D eigenvalue weighted by atomic mass is 35.5. The summed E-state index contributed by atoms with van der Waals surface area (Å²) in [5.74, 6) is 0.00695. The number of amides is 1. The van der Waals surface area contributed by atoms with E-state index in [1.165, 1.54) is 11.8 Å². The number of nitrogens with zero attached hydrogens (tertiary/aromatic N) is 3. The molecule has 8 heteroatoms. The molecule has 0 aliphatic heterocycles. The van der Waals surface area contributed by atoms with E-state index in [9.17, 15) is 4.79 Å². The van der Waals surface area contributed by atoms with Crippen molar-refractivity contribution in [3.63, 3.8) is 0 Å². The van der Waals surface area contributed by atoms with E-state index in [0.717, 1.165) is 10.7 Å². The Morgan fingerprint density at radius 2 is 2.04 bits per heavy atom. The van der Waals surface area contributed by atoms with Crippen LogP contribution in [0.25, 0.3) is 11.0 Å². The minimum Gasteiger partial charge on any atom is -0.322 e. The Hall–Kier alpha value is -1.76. The topological polar surface area (TPSA) is 59.8 Å². The number of hydrogen-bond donors (Lipinski definition) is 1. The normalized spacial score (nSPS) is 11.0. The van der Waals surface area contributed by atoms with Gasteiger partial charge in [0, 0.05) is 7.05 Å². The van der Waals surface area contributed by atoms with Crippen LogP contribution in [0.5, 0.6) is 0 Å². The molecule has 0 saturated heterocycles. The third-order valence-corrected chi connectivity index (χ3v) is 4.57. The molecule has 0 radical (unpaired) electrons. The van der Waals surface area contributed by atoms with Crippen molar-refractivity contribution in [2.45, 2.75) is 5.16 Å². The second kappa shape index (κ2) is 6.39. The summed E-state index contributed by atoms with van der Waals surface area (Å²) in [7, 11) is 1.91. The number of anilines is 1. The van der Waals surface area contributed by atoms with Crippen molar-refractivity contribution in [2.24, 2.45) is 7.05 Å². The fraction of sp³-hybridized carbons (Fsp3) is 0.133.